The Bertz CT molecular complexity index is 847. The summed E-state index contributed by atoms with van der Waals surface area (Å²) in [5.74, 6) is -2.66. The van der Waals surface area contributed by atoms with Crippen molar-refractivity contribution in [1.82, 2.24) is 10.3 Å². The number of carbonyl (C=O) groups excluding carboxylic acids is 1. The predicted octanol–water partition coefficient (Wildman–Crippen LogP) is 1.95. The summed E-state index contributed by atoms with van der Waals surface area (Å²) in [6, 6.07) is 1.96. The lowest BCUT2D eigenvalue weighted by Gasteiger charge is -2.09. The van der Waals surface area contributed by atoms with Crippen molar-refractivity contribution < 1.29 is 26.4 Å². The van der Waals surface area contributed by atoms with Gasteiger partial charge in [-0.3, -0.25) is 9.52 Å². The van der Waals surface area contributed by atoms with Gasteiger partial charge < -0.3 is 9.73 Å². The Morgan fingerprint density at radius 2 is 1.96 bits per heavy atom. The second-order valence-electron chi connectivity index (χ2n) is 4.80. The molecule has 0 aliphatic carbocycles. The number of halogens is 3. The molecule has 1 amide bonds. The number of oxazole rings is 1. The smallest absolute Gasteiger partial charge is 0.292 e. The monoisotopic (exact) mass is 379 g/mol. The van der Waals surface area contributed by atoms with Gasteiger partial charge in [-0.25, -0.2) is 17.2 Å². The van der Waals surface area contributed by atoms with Gasteiger partial charge in [0.15, 0.2) is 17.3 Å². The summed E-state index contributed by atoms with van der Waals surface area (Å²) in [7, 11) is -3.81. The third-order valence-corrected chi connectivity index (χ3v) is 3.55. The average Bonchev–Trinajstić information content (AvgIpc) is 2.88. The number of amides is 1. The standard InChI is InChI=1S/C13H12ClF2N3O4S/c1-24(21,22)19-11-8(15)4-7(5-9(11)16)2-3-17-12(20)10-6-23-13(14)18-10/h4-6,19H,2-3H2,1H3,(H,17,20). The number of nitrogens with one attached hydrogen (secondary N) is 2. The number of nitrogens with zero attached hydrogens (tertiary/aromatic N) is 1. The normalized spacial score (nSPS) is 11.3. The minimum Gasteiger partial charge on any atom is -0.435 e. The van der Waals surface area contributed by atoms with Crippen molar-refractivity contribution in [3.8, 4) is 0 Å². The van der Waals surface area contributed by atoms with Gasteiger partial charge in [-0.15, -0.1) is 0 Å². The molecule has 7 nitrogen and oxygen atoms in total. The van der Waals surface area contributed by atoms with Crippen molar-refractivity contribution in [2.45, 2.75) is 6.42 Å². The molecule has 1 heterocycles. The van der Waals surface area contributed by atoms with Gasteiger partial charge >= 0.3 is 0 Å². The lowest BCUT2D eigenvalue weighted by Crippen LogP contribution is -2.26. The Balaban J connectivity index is 1.99. The number of sulfonamides is 1. The summed E-state index contributed by atoms with van der Waals surface area (Å²) in [5, 5.41) is 2.29. The number of benzene rings is 1. The zero-order valence-corrected chi connectivity index (χ0v) is 13.8. The highest BCUT2D eigenvalue weighted by Crippen LogP contribution is 2.22. The fourth-order valence-corrected chi connectivity index (χ4v) is 2.52. The van der Waals surface area contributed by atoms with Gasteiger partial charge in [0.25, 0.3) is 11.3 Å². The Morgan fingerprint density at radius 1 is 1.33 bits per heavy atom. The number of carbonyl (C=O) groups is 1. The van der Waals surface area contributed by atoms with Crippen molar-refractivity contribution in [2.24, 2.45) is 0 Å². The molecule has 2 N–H and O–H groups in total. The first-order chi connectivity index (χ1) is 11.2. The number of rotatable bonds is 6. The van der Waals surface area contributed by atoms with E-state index in [0.29, 0.717) is 0 Å². The second kappa shape index (κ2) is 7.14. The van der Waals surface area contributed by atoms with Crippen LogP contribution in [0.1, 0.15) is 16.1 Å². The molecular weight excluding hydrogens is 368 g/mol. The molecule has 0 bridgehead atoms. The van der Waals surface area contributed by atoms with E-state index in [1.807, 2.05) is 0 Å². The molecule has 0 spiro atoms. The van der Waals surface area contributed by atoms with E-state index in [4.69, 9.17) is 11.6 Å². The molecule has 1 aromatic carbocycles. The summed E-state index contributed by atoms with van der Waals surface area (Å²) in [5.41, 5.74) is -0.532. The van der Waals surface area contributed by atoms with E-state index < -0.39 is 33.3 Å². The van der Waals surface area contributed by atoms with Crippen LogP contribution < -0.4 is 10.0 Å². The molecule has 0 aliphatic heterocycles. The summed E-state index contributed by atoms with van der Waals surface area (Å²) < 4.78 is 56.2. The Kier molecular flexibility index (Phi) is 5.40. The number of hydrogen-bond acceptors (Lipinski definition) is 5. The fourth-order valence-electron chi connectivity index (χ4n) is 1.82. The number of hydrogen-bond donors (Lipinski definition) is 2. The van der Waals surface area contributed by atoms with E-state index in [9.17, 15) is 22.0 Å². The highest BCUT2D eigenvalue weighted by atomic mass is 35.5. The third kappa shape index (κ3) is 4.90. The second-order valence-corrected chi connectivity index (χ2v) is 6.87. The highest BCUT2D eigenvalue weighted by molar-refractivity contribution is 7.92. The van der Waals surface area contributed by atoms with Crippen LogP contribution in [0.3, 0.4) is 0 Å². The summed E-state index contributed by atoms with van der Waals surface area (Å²) in [4.78, 5) is 15.3. The van der Waals surface area contributed by atoms with Crippen LogP contribution >= 0.6 is 11.6 Å². The number of anilines is 1. The molecule has 24 heavy (non-hydrogen) atoms. The van der Waals surface area contributed by atoms with Crippen LogP contribution in [0, 0.1) is 11.6 Å². The average molecular weight is 380 g/mol. The first-order valence-electron chi connectivity index (χ1n) is 6.50. The molecule has 0 saturated carbocycles. The SMILES string of the molecule is CS(=O)(=O)Nc1c(F)cc(CCNC(=O)c2coc(Cl)n2)cc1F. The fraction of sp³-hybridized carbons (Fsp3) is 0.231. The van der Waals surface area contributed by atoms with Crippen LogP contribution in [-0.4, -0.2) is 32.1 Å². The van der Waals surface area contributed by atoms with Crippen molar-refractivity contribution in [2.75, 3.05) is 17.5 Å². The maximum atomic E-state index is 13.8. The van der Waals surface area contributed by atoms with Gasteiger partial charge in [-0.05, 0) is 35.7 Å². The molecule has 2 aromatic rings. The molecule has 0 unspecified atom stereocenters. The summed E-state index contributed by atoms with van der Waals surface area (Å²) >= 11 is 5.44. The predicted molar refractivity (Wildman–Crippen MR) is 82.4 cm³/mol. The molecule has 2 rings (SSSR count). The first-order valence-corrected chi connectivity index (χ1v) is 8.77. The van der Waals surface area contributed by atoms with E-state index in [1.165, 1.54) is 0 Å². The highest BCUT2D eigenvalue weighted by Gasteiger charge is 2.15. The van der Waals surface area contributed by atoms with Gasteiger partial charge in [-0.1, -0.05) is 0 Å². The topological polar surface area (TPSA) is 101 Å². The maximum Gasteiger partial charge on any atom is 0.292 e. The maximum absolute atomic E-state index is 13.8. The number of aromatic nitrogens is 1. The van der Waals surface area contributed by atoms with Crippen LogP contribution in [-0.2, 0) is 16.4 Å². The van der Waals surface area contributed by atoms with Gasteiger partial charge in [0.2, 0.25) is 10.0 Å². The van der Waals surface area contributed by atoms with Crippen LogP contribution in [0.25, 0.3) is 0 Å². The van der Waals surface area contributed by atoms with E-state index >= 15 is 0 Å². The Morgan fingerprint density at radius 3 is 2.46 bits per heavy atom. The van der Waals surface area contributed by atoms with Gasteiger partial charge in [0.1, 0.15) is 12.0 Å². The third-order valence-electron chi connectivity index (χ3n) is 2.80. The lowest BCUT2D eigenvalue weighted by molar-refractivity contribution is 0.0949. The zero-order valence-electron chi connectivity index (χ0n) is 12.3. The Labute approximate surface area is 141 Å². The van der Waals surface area contributed by atoms with E-state index in [2.05, 4.69) is 14.7 Å². The van der Waals surface area contributed by atoms with Gasteiger partial charge in [0.05, 0.1) is 6.26 Å². The van der Waals surface area contributed by atoms with Crippen molar-refractivity contribution >= 4 is 33.2 Å². The van der Waals surface area contributed by atoms with E-state index in [1.54, 1.807) is 4.72 Å². The van der Waals surface area contributed by atoms with Crippen LogP contribution in [0.2, 0.25) is 5.35 Å². The Hall–Kier alpha value is -2.20. The lowest BCUT2D eigenvalue weighted by atomic mass is 10.1. The zero-order chi connectivity index (χ0) is 17.9. The van der Waals surface area contributed by atoms with Crippen molar-refractivity contribution in [3.05, 3.63) is 46.6 Å². The van der Waals surface area contributed by atoms with Crippen molar-refractivity contribution in [3.63, 3.8) is 0 Å². The minimum absolute atomic E-state index is 0.0231. The molecule has 1 aromatic heterocycles. The van der Waals surface area contributed by atoms with Gasteiger partial charge in [-0.2, -0.15) is 4.98 Å². The van der Waals surface area contributed by atoms with E-state index in [-0.39, 0.29) is 29.6 Å². The molecule has 11 heteroatoms. The molecule has 0 saturated heterocycles. The molecule has 0 fully saturated rings. The summed E-state index contributed by atoms with van der Waals surface area (Å²) in [6.07, 6.45) is 1.97. The van der Waals surface area contributed by atoms with E-state index in [0.717, 1.165) is 24.7 Å². The molecule has 130 valence electrons. The molecule has 0 atom stereocenters. The largest absolute Gasteiger partial charge is 0.435 e. The minimum atomic E-state index is -3.81. The van der Waals surface area contributed by atoms with Crippen LogP contribution in [0.15, 0.2) is 22.8 Å². The van der Waals surface area contributed by atoms with Crippen LogP contribution in [0.5, 0.6) is 0 Å². The molecular formula is C13H12ClF2N3O4S. The quantitative estimate of drug-likeness (QED) is 0.798. The van der Waals surface area contributed by atoms with Crippen LogP contribution in [0.4, 0.5) is 14.5 Å². The summed E-state index contributed by atoms with van der Waals surface area (Å²) in [6.45, 7) is 0.0705. The first kappa shape index (κ1) is 18.1. The van der Waals surface area contributed by atoms with Crippen molar-refractivity contribution in [1.29, 1.82) is 0 Å². The molecule has 0 radical (unpaired) electrons. The van der Waals surface area contributed by atoms with Gasteiger partial charge in [0, 0.05) is 6.54 Å². The molecule has 0 aliphatic rings.